The molecule has 1 fully saturated rings. The Kier molecular flexibility index (Phi) is 6.23. The van der Waals surface area contributed by atoms with Crippen LogP contribution in [0.15, 0.2) is 54.7 Å². The van der Waals surface area contributed by atoms with Gasteiger partial charge in [-0.1, -0.05) is 41.3 Å². The van der Waals surface area contributed by atoms with Gasteiger partial charge in [0.25, 0.3) is 0 Å². The molecule has 1 N–H and O–H groups in total. The van der Waals surface area contributed by atoms with Gasteiger partial charge in [0.05, 0.1) is 25.4 Å². The van der Waals surface area contributed by atoms with Crippen molar-refractivity contribution in [2.24, 2.45) is 0 Å². The second-order valence-electron chi connectivity index (χ2n) is 7.37. The predicted molar refractivity (Wildman–Crippen MR) is 116 cm³/mol. The zero-order chi connectivity index (χ0) is 19.9. The minimum atomic E-state index is 0.251. The Morgan fingerprint density at radius 1 is 1.17 bits per heavy atom. The minimum absolute atomic E-state index is 0.251. The number of hydrogen-bond acceptors (Lipinski definition) is 4. The molecule has 29 heavy (non-hydrogen) atoms. The molecule has 0 amide bonds. The highest BCUT2D eigenvalue weighted by atomic mass is 16.5. The molecule has 1 aromatic heterocycles. The van der Waals surface area contributed by atoms with E-state index in [-0.39, 0.29) is 6.10 Å². The van der Waals surface area contributed by atoms with Crippen LogP contribution in [0.3, 0.4) is 0 Å². The monoisotopic (exact) mass is 386 g/mol. The molecule has 0 aliphatic carbocycles. The highest BCUT2D eigenvalue weighted by Crippen LogP contribution is 2.22. The Morgan fingerprint density at radius 3 is 2.86 bits per heavy atom. The first kappa shape index (κ1) is 19.2. The van der Waals surface area contributed by atoms with E-state index in [9.17, 15) is 0 Å². The number of nitrogens with one attached hydrogen (secondary N) is 1. The summed E-state index contributed by atoms with van der Waals surface area (Å²) in [5.41, 5.74) is 5.21. The molecular weight excluding hydrogens is 360 g/mol. The highest BCUT2D eigenvalue weighted by Gasteiger charge is 2.16. The normalized spacial score (nSPS) is 16.1. The lowest BCUT2D eigenvalue weighted by molar-refractivity contribution is 0.00370. The Morgan fingerprint density at radius 2 is 2.07 bits per heavy atom. The molecule has 5 heteroatoms. The minimum Gasteiger partial charge on any atom is -0.376 e. The molecule has 0 saturated carbocycles. The maximum atomic E-state index is 5.80. The fourth-order valence-electron chi connectivity index (χ4n) is 3.55. The topological polar surface area (TPSA) is 52.0 Å². The molecule has 5 nitrogen and oxygen atoms in total. The van der Waals surface area contributed by atoms with Crippen molar-refractivity contribution >= 4 is 5.69 Å². The second-order valence-corrected chi connectivity index (χ2v) is 7.37. The molecule has 0 radical (unpaired) electrons. The average molecular weight is 386 g/mol. The Hall–Kier alpha value is -3.10. The summed E-state index contributed by atoms with van der Waals surface area (Å²) in [4.78, 5) is 0. The lowest BCUT2D eigenvalue weighted by Crippen LogP contribution is -2.24. The van der Waals surface area contributed by atoms with E-state index in [0.717, 1.165) is 54.1 Å². The van der Waals surface area contributed by atoms with Gasteiger partial charge in [0, 0.05) is 23.4 Å². The number of ether oxygens (including phenoxy) is 1. The summed E-state index contributed by atoms with van der Waals surface area (Å²) in [6, 6.07) is 16.3. The fourth-order valence-corrected chi connectivity index (χ4v) is 3.55. The van der Waals surface area contributed by atoms with Gasteiger partial charge in [0.2, 0.25) is 0 Å². The summed E-state index contributed by atoms with van der Waals surface area (Å²) >= 11 is 0. The van der Waals surface area contributed by atoms with Crippen LogP contribution in [0.2, 0.25) is 0 Å². The maximum Gasteiger partial charge on any atom is 0.113 e. The summed E-state index contributed by atoms with van der Waals surface area (Å²) in [5.74, 6) is 6.40. The lowest BCUT2D eigenvalue weighted by atomic mass is 10.0. The van der Waals surface area contributed by atoms with Crippen molar-refractivity contribution in [2.45, 2.75) is 38.8 Å². The van der Waals surface area contributed by atoms with Crippen LogP contribution in [-0.4, -0.2) is 34.2 Å². The second kappa shape index (κ2) is 9.40. The average Bonchev–Trinajstić information content (AvgIpc) is 3.21. The number of para-hydroxylation sites is 1. The number of hydrogen-bond donors (Lipinski definition) is 1. The van der Waals surface area contributed by atoms with E-state index in [1.807, 2.05) is 47.3 Å². The fraction of sp³-hybridized carbons (Fsp3) is 0.333. The van der Waals surface area contributed by atoms with Gasteiger partial charge in [0.1, 0.15) is 5.69 Å². The quantitative estimate of drug-likeness (QED) is 0.665. The van der Waals surface area contributed by atoms with Crippen molar-refractivity contribution in [3.8, 4) is 23.1 Å². The third-order valence-electron chi connectivity index (χ3n) is 5.09. The molecule has 148 valence electrons. The van der Waals surface area contributed by atoms with Crippen molar-refractivity contribution in [2.75, 3.05) is 18.5 Å². The summed E-state index contributed by atoms with van der Waals surface area (Å²) in [6.07, 6.45) is 5.75. The molecule has 1 saturated heterocycles. The molecule has 1 aliphatic rings. The molecule has 0 bridgehead atoms. The first-order valence-electron chi connectivity index (χ1n) is 10.2. The molecule has 1 aliphatic heterocycles. The summed E-state index contributed by atoms with van der Waals surface area (Å²) in [7, 11) is 0. The van der Waals surface area contributed by atoms with Gasteiger partial charge in [0.15, 0.2) is 0 Å². The van der Waals surface area contributed by atoms with Crippen molar-refractivity contribution in [1.29, 1.82) is 0 Å². The van der Waals surface area contributed by atoms with Crippen molar-refractivity contribution in [1.82, 2.24) is 15.0 Å². The summed E-state index contributed by atoms with van der Waals surface area (Å²) in [5, 5.41) is 12.0. The van der Waals surface area contributed by atoms with Crippen LogP contribution in [0.25, 0.3) is 11.3 Å². The van der Waals surface area contributed by atoms with Gasteiger partial charge in [-0.15, -0.1) is 5.10 Å². The number of aryl methyl sites for hydroxylation is 1. The first-order chi connectivity index (χ1) is 14.3. The van der Waals surface area contributed by atoms with Gasteiger partial charge < -0.3 is 10.1 Å². The van der Waals surface area contributed by atoms with Crippen molar-refractivity contribution < 1.29 is 4.74 Å². The smallest absolute Gasteiger partial charge is 0.113 e. The number of aromatic nitrogens is 3. The van der Waals surface area contributed by atoms with Crippen LogP contribution < -0.4 is 5.32 Å². The zero-order valence-corrected chi connectivity index (χ0v) is 16.8. The third-order valence-corrected chi connectivity index (χ3v) is 5.09. The standard InChI is InChI=1S/C24H26N4O/c1-19-16-20(8-7-14-25-21-9-3-2-4-10-21)12-13-23(19)24-18-28(27-26-24)17-22-11-5-6-15-29-22/h2-4,9-10,12-13,16,18,22,25H,5-6,11,14-15,17H2,1H3. The number of benzene rings is 2. The predicted octanol–water partition coefficient (Wildman–Crippen LogP) is 4.29. The van der Waals surface area contributed by atoms with Crippen molar-refractivity contribution in [3.05, 3.63) is 65.9 Å². The number of nitrogens with zero attached hydrogens (tertiary/aromatic N) is 3. The van der Waals surface area contributed by atoms with E-state index in [4.69, 9.17) is 4.74 Å². The van der Waals surface area contributed by atoms with Gasteiger partial charge in [-0.05, 0) is 56.0 Å². The molecule has 0 spiro atoms. The van der Waals surface area contributed by atoms with Gasteiger partial charge in [-0.3, -0.25) is 0 Å². The van der Waals surface area contributed by atoms with Gasteiger partial charge in [-0.2, -0.15) is 0 Å². The van der Waals surface area contributed by atoms with Gasteiger partial charge in [-0.25, -0.2) is 4.68 Å². The van der Waals surface area contributed by atoms with Crippen LogP contribution in [0, 0.1) is 18.8 Å². The Balaban J connectivity index is 1.38. The summed E-state index contributed by atoms with van der Waals surface area (Å²) in [6.45, 7) is 4.33. The largest absolute Gasteiger partial charge is 0.376 e. The highest BCUT2D eigenvalue weighted by molar-refractivity contribution is 5.64. The van der Waals surface area contributed by atoms with E-state index in [1.54, 1.807) is 0 Å². The Bertz CT molecular complexity index is 994. The molecule has 4 rings (SSSR count). The number of rotatable bonds is 5. The third kappa shape index (κ3) is 5.24. The van der Waals surface area contributed by atoms with Crippen LogP contribution in [-0.2, 0) is 11.3 Å². The SMILES string of the molecule is Cc1cc(C#CCNc2ccccc2)ccc1-c1cn(CC2CCCCO2)nn1. The van der Waals surface area contributed by atoms with Gasteiger partial charge >= 0.3 is 0 Å². The van der Waals surface area contributed by atoms with E-state index in [0.29, 0.717) is 6.54 Å². The zero-order valence-electron chi connectivity index (χ0n) is 16.8. The molecule has 2 aromatic carbocycles. The van der Waals surface area contributed by atoms with Crippen LogP contribution in [0.1, 0.15) is 30.4 Å². The first-order valence-corrected chi connectivity index (χ1v) is 10.2. The van der Waals surface area contributed by atoms with E-state index in [1.165, 1.54) is 6.42 Å². The van der Waals surface area contributed by atoms with Crippen LogP contribution >= 0.6 is 0 Å². The number of anilines is 1. The van der Waals surface area contributed by atoms with E-state index in [2.05, 4.69) is 46.5 Å². The lowest BCUT2D eigenvalue weighted by Gasteiger charge is -2.21. The molecule has 1 unspecified atom stereocenters. The molecule has 1 atom stereocenters. The van der Waals surface area contributed by atoms with Crippen LogP contribution in [0.5, 0.6) is 0 Å². The maximum absolute atomic E-state index is 5.80. The Labute approximate surface area is 172 Å². The van der Waals surface area contributed by atoms with Crippen LogP contribution in [0.4, 0.5) is 5.69 Å². The molecular formula is C24H26N4O. The molecule has 2 heterocycles. The summed E-state index contributed by atoms with van der Waals surface area (Å²) < 4.78 is 7.70. The van der Waals surface area contributed by atoms with E-state index < -0.39 is 0 Å². The van der Waals surface area contributed by atoms with Crippen molar-refractivity contribution in [3.63, 3.8) is 0 Å². The molecule has 3 aromatic rings. The van der Waals surface area contributed by atoms with E-state index >= 15 is 0 Å².